The zero-order valence-corrected chi connectivity index (χ0v) is 13.4. The van der Waals surface area contributed by atoms with E-state index in [1.807, 2.05) is 11.3 Å². The van der Waals surface area contributed by atoms with Gasteiger partial charge in [0.05, 0.1) is 0 Å². The lowest BCUT2D eigenvalue weighted by molar-refractivity contribution is 0.735. The van der Waals surface area contributed by atoms with Crippen LogP contribution in [0.2, 0.25) is 0 Å². The van der Waals surface area contributed by atoms with Gasteiger partial charge in [-0.2, -0.15) is 0 Å². The van der Waals surface area contributed by atoms with E-state index >= 15 is 0 Å². The molecule has 3 heteroatoms. The molecule has 1 aromatic heterocycles. The molecule has 1 heterocycles. The van der Waals surface area contributed by atoms with Crippen LogP contribution < -0.4 is 0 Å². The predicted octanol–water partition coefficient (Wildman–Crippen LogP) is 5.97. The predicted molar refractivity (Wildman–Crippen MR) is 83.1 cm³/mol. The minimum Gasteiger partial charge on any atom is -0.148 e. The van der Waals surface area contributed by atoms with Crippen LogP contribution in [0.3, 0.4) is 0 Å². The highest BCUT2D eigenvalue weighted by Crippen LogP contribution is 2.29. The van der Waals surface area contributed by atoms with Crippen molar-refractivity contribution in [1.82, 2.24) is 0 Å². The van der Waals surface area contributed by atoms with Gasteiger partial charge in [0.2, 0.25) is 0 Å². The summed E-state index contributed by atoms with van der Waals surface area (Å²) in [4.78, 5) is 1.94. The number of benzene rings is 1. The number of hydrogen-bond acceptors (Lipinski definition) is 1. The molecule has 1 aromatic carbocycles. The maximum absolute atomic E-state index is 3.76. The summed E-state index contributed by atoms with van der Waals surface area (Å²) in [6.07, 6.45) is 3.57. The van der Waals surface area contributed by atoms with E-state index in [4.69, 9.17) is 0 Å². The van der Waals surface area contributed by atoms with Gasteiger partial charge in [-0.3, -0.25) is 0 Å². The Hall–Kier alpha value is -0.120. The summed E-state index contributed by atoms with van der Waals surface area (Å²) in [5.41, 5.74) is 1.37. The van der Waals surface area contributed by atoms with Crippen molar-refractivity contribution < 1.29 is 0 Å². The second-order valence-electron chi connectivity index (χ2n) is 4.00. The molecule has 0 amide bonds. The monoisotopic (exact) mass is 372 g/mol. The van der Waals surface area contributed by atoms with E-state index in [2.05, 4.69) is 73.6 Å². The van der Waals surface area contributed by atoms with Gasteiger partial charge in [0.25, 0.3) is 0 Å². The van der Waals surface area contributed by atoms with E-state index in [1.54, 1.807) is 0 Å². The molecule has 0 aliphatic carbocycles. The van der Waals surface area contributed by atoms with Crippen LogP contribution in [0.15, 0.2) is 46.3 Å². The van der Waals surface area contributed by atoms with Crippen molar-refractivity contribution in [1.29, 1.82) is 0 Å². The highest BCUT2D eigenvalue weighted by Gasteiger charge is 2.06. The van der Waals surface area contributed by atoms with Crippen LogP contribution in [0.5, 0.6) is 0 Å². The third-order valence-corrected chi connectivity index (χ3v) is 5.41. The molecule has 17 heavy (non-hydrogen) atoms. The third kappa shape index (κ3) is 4.23. The zero-order valence-electron chi connectivity index (χ0n) is 9.40. The Labute approximate surface area is 123 Å². The molecule has 0 fully saturated rings. The van der Waals surface area contributed by atoms with Crippen molar-refractivity contribution >= 4 is 43.2 Å². The van der Waals surface area contributed by atoms with Gasteiger partial charge in [0, 0.05) is 19.6 Å². The first-order chi connectivity index (χ1) is 8.25. The van der Waals surface area contributed by atoms with E-state index in [0.717, 1.165) is 0 Å². The van der Waals surface area contributed by atoms with Crippen LogP contribution in [-0.4, -0.2) is 0 Å². The van der Waals surface area contributed by atoms with E-state index in [-0.39, 0.29) is 0 Å². The summed E-state index contributed by atoms with van der Waals surface area (Å²) in [6, 6.07) is 12.8. The van der Waals surface area contributed by atoms with Gasteiger partial charge < -0.3 is 0 Å². The fourth-order valence-corrected chi connectivity index (χ4v) is 3.90. The molecule has 2 aromatic rings. The molecule has 1 atom stereocenters. The van der Waals surface area contributed by atoms with Gasteiger partial charge in [0.15, 0.2) is 0 Å². The smallest absolute Gasteiger partial charge is 0.0395 e. The molecular weight excluding hydrogens is 360 g/mol. The number of hydrogen-bond donors (Lipinski definition) is 0. The van der Waals surface area contributed by atoms with Crippen molar-refractivity contribution in [3.8, 4) is 0 Å². The van der Waals surface area contributed by atoms with Crippen LogP contribution in [0, 0.1) is 0 Å². The molecule has 1 unspecified atom stereocenters. The lowest BCUT2D eigenvalue weighted by atomic mass is 10.1. The highest BCUT2D eigenvalue weighted by molar-refractivity contribution is 9.10. The quantitative estimate of drug-likeness (QED) is 0.566. The van der Waals surface area contributed by atoms with Crippen LogP contribution >= 0.6 is 43.2 Å². The molecule has 0 aliphatic heterocycles. The van der Waals surface area contributed by atoms with Crippen molar-refractivity contribution in [2.75, 3.05) is 0 Å². The third-order valence-electron chi connectivity index (χ3n) is 2.66. The molecule has 0 saturated heterocycles. The highest BCUT2D eigenvalue weighted by atomic mass is 79.9. The summed E-state index contributed by atoms with van der Waals surface area (Å²) in [5, 5.41) is 2.15. The van der Waals surface area contributed by atoms with Crippen LogP contribution in [-0.2, 0) is 6.42 Å². The average molecular weight is 374 g/mol. The van der Waals surface area contributed by atoms with Crippen molar-refractivity contribution in [3.63, 3.8) is 0 Å². The molecular formula is C14H14Br2S. The van der Waals surface area contributed by atoms with E-state index in [1.165, 1.54) is 34.2 Å². The fraction of sp³-hybridized carbons (Fsp3) is 0.286. The van der Waals surface area contributed by atoms with Crippen molar-refractivity contribution in [3.05, 3.63) is 56.7 Å². The Bertz CT molecular complexity index is 450. The topological polar surface area (TPSA) is 0 Å². The van der Waals surface area contributed by atoms with Gasteiger partial charge in [-0.15, -0.1) is 11.3 Å². The molecule has 0 radical (unpaired) electrons. The summed E-state index contributed by atoms with van der Waals surface area (Å²) in [6.45, 7) is 0. The number of halogens is 2. The van der Waals surface area contributed by atoms with E-state index in [0.29, 0.717) is 4.83 Å². The number of alkyl halides is 1. The Kier molecular flexibility index (Phi) is 5.26. The SMILES string of the molecule is Brc1csc(CCCC(Br)c2ccccc2)c1. The minimum absolute atomic E-state index is 0.479. The summed E-state index contributed by atoms with van der Waals surface area (Å²) >= 11 is 9.08. The number of aryl methyl sites for hydroxylation is 1. The average Bonchev–Trinajstić information content (AvgIpc) is 2.76. The molecule has 2 rings (SSSR count). The summed E-state index contributed by atoms with van der Waals surface area (Å²) in [5.74, 6) is 0. The molecule has 0 N–H and O–H groups in total. The first-order valence-electron chi connectivity index (χ1n) is 5.67. The molecule has 0 bridgehead atoms. The molecule has 0 saturated carbocycles. The minimum atomic E-state index is 0.479. The number of rotatable bonds is 5. The molecule has 0 nitrogen and oxygen atoms in total. The van der Waals surface area contributed by atoms with Gasteiger partial charge >= 0.3 is 0 Å². The molecule has 90 valence electrons. The van der Waals surface area contributed by atoms with Gasteiger partial charge in [-0.05, 0) is 46.8 Å². The Balaban J connectivity index is 1.79. The lowest BCUT2D eigenvalue weighted by Gasteiger charge is -2.09. The van der Waals surface area contributed by atoms with E-state index < -0.39 is 0 Å². The lowest BCUT2D eigenvalue weighted by Crippen LogP contribution is -1.91. The first kappa shape index (κ1) is 13.3. The number of thiophene rings is 1. The van der Waals surface area contributed by atoms with Crippen molar-refractivity contribution in [2.24, 2.45) is 0 Å². The Morgan fingerprint density at radius 2 is 1.94 bits per heavy atom. The van der Waals surface area contributed by atoms with Gasteiger partial charge in [-0.25, -0.2) is 0 Å². The summed E-state index contributed by atoms with van der Waals surface area (Å²) < 4.78 is 1.20. The normalized spacial score (nSPS) is 12.6. The second kappa shape index (κ2) is 6.72. The van der Waals surface area contributed by atoms with Crippen LogP contribution in [0.4, 0.5) is 0 Å². The van der Waals surface area contributed by atoms with Gasteiger partial charge in [0.1, 0.15) is 0 Å². The first-order valence-corrected chi connectivity index (χ1v) is 8.26. The standard InChI is InChI=1S/C14H14Br2S/c15-12-9-13(17-10-12)7-4-8-14(16)11-5-2-1-3-6-11/h1-3,5-6,9-10,14H,4,7-8H2. The molecule has 0 spiro atoms. The zero-order chi connectivity index (χ0) is 12.1. The Morgan fingerprint density at radius 3 is 2.59 bits per heavy atom. The summed E-state index contributed by atoms with van der Waals surface area (Å²) in [7, 11) is 0. The Morgan fingerprint density at radius 1 is 1.18 bits per heavy atom. The van der Waals surface area contributed by atoms with E-state index in [9.17, 15) is 0 Å². The maximum atomic E-state index is 3.76. The van der Waals surface area contributed by atoms with Crippen LogP contribution in [0.1, 0.15) is 28.1 Å². The maximum Gasteiger partial charge on any atom is 0.0395 e. The second-order valence-corrected chi connectivity index (χ2v) is 7.02. The van der Waals surface area contributed by atoms with Gasteiger partial charge in [-0.1, -0.05) is 46.3 Å². The largest absolute Gasteiger partial charge is 0.148 e. The fourth-order valence-electron chi connectivity index (χ4n) is 1.77. The molecule has 0 aliphatic rings. The van der Waals surface area contributed by atoms with Crippen molar-refractivity contribution in [2.45, 2.75) is 24.1 Å². The van der Waals surface area contributed by atoms with Crippen LogP contribution in [0.25, 0.3) is 0 Å².